The van der Waals surface area contributed by atoms with Crippen LogP contribution in [0.4, 0.5) is 0 Å². The molecule has 0 aliphatic heterocycles. The summed E-state index contributed by atoms with van der Waals surface area (Å²) in [5.41, 5.74) is -0.768. The number of aliphatic carboxylic acids is 2. The predicted octanol–water partition coefficient (Wildman–Crippen LogP) is 1.36. The number of rotatable bonds is 8. The minimum atomic E-state index is -1.42. The molecule has 1 aliphatic carbocycles. The van der Waals surface area contributed by atoms with Crippen molar-refractivity contribution in [1.29, 1.82) is 0 Å². The lowest BCUT2D eigenvalue weighted by Crippen LogP contribution is -2.20. The number of methoxy groups -OCH3 is 1. The fourth-order valence-electron chi connectivity index (χ4n) is 2.28. The van der Waals surface area contributed by atoms with Crippen molar-refractivity contribution in [1.82, 2.24) is 0 Å². The van der Waals surface area contributed by atoms with Gasteiger partial charge in [-0.15, -0.1) is 0 Å². The van der Waals surface area contributed by atoms with E-state index in [1.54, 1.807) is 0 Å². The predicted molar refractivity (Wildman–Crippen MR) is 71.8 cm³/mol. The molecular weight excluding hydrogens is 280 g/mol. The molecule has 1 saturated carbocycles. The quantitative estimate of drug-likeness (QED) is 0.514. The van der Waals surface area contributed by atoms with Crippen molar-refractivity contribution < 1.29 is 34.1 Å². The smallest absolute Gasteiger partial charge is 0.332 e. The van der Waals surface area contributed by atoms with Gasteiger partial charge in [-0.3, -0.25) is 4.79 Å². The summed E-state index contributed by atoms with van der Waals surface area (Å²) in [6.07, 6.45) is 2.70. The Balaban J connectivity index is 2.79. The highest BCUT2D eigenvalue weighted by atomic mass is 16.5. The number of ether oxygens (including phenoxy) is 2. The van der Waals surface area contributed by atoms with E-state index < -0.39 is 29.9 Å². The van der Waals surface area contributed by atoms with Crippen LogP contribution in [0.3, 0.4) is 0 Å². The molecule has 0 unspecified atom stereocenters. The topological polar surface area (TPSA) is 110 Å². The molecule has 7 heteroatoms. The number of hydrogen-bond donors (Lipinski definition) is 2. The maximum atomic E-state index is 11.8. The van der Waals surface area contributed by atoms with Crippen molar-refractivity contribution in [3.63, 3.8) is 0 Å². The first-order chi connectivity index (χ1) is 9.95. The number of carbonyl (C=O) groups excluding carboxylic acids is 1. The summed E-state index contributed by atoms with van der Waals surface area (Å²) in [4.78, 5) is 34.1. The van der Waals surface area contributed by atoms with E-state index in [0.717, 1.165) is 25.7 Å². The molecule has 1 rings (SSSR count). The molecule has 0 amide bonds. The minimum Gasteiger partial charge on any atom is -0.478 e. The van der Waals surface area contributed by atoms with E-state index >= 15 is 0 Å². The summed E-state index contributed by atoms with van der Waals surface area (Å²) in [5.74, 6) is -3.49. The monoisotopic (exact) mass is 300 g/mol. The molecule has 118 valence electrons. The van der Waals surface area contributed by atoms with Crippen LogP contribution in [0, 0.1) is 0 Å². The van der Waals surface area contributed by atoms with Crippen LogP contribution in [-0.4, -0.2) is 47.9 Å². The van der Waals surface area contributed by atoms with Gasteiger partial charge in [-0.05, 0) is 25.7 Å². The third kappa shape index (κ3) is 5.55. The second kappa shape index (κ2) is 8.41. The summed E-state index contributed by atoms with van der Waals surface area (Å²) in [7, 11) is 1.38. The van der Waals surface area contributed by atoms with Gasteiger partial charge in [-0.1, -0.05) is 0 Å². The first kappa shape index (κ1) is 17.2. The van der Waals surface area contributed by atoms with Crippen LogP contribution >= 0.6 is 0 Å². The first-order valence-electron chi connectivity index (χ1n) is 6.82. The summed E-state index contributed by atoms with van der Waals surface area (Å²) in [6, 6.07) is 0. The molecule has 0 spiro atoms. The lowest BCUT2D eigenvalue weighted by atomic mass is 10.0. The van der Waals surface area contributed by atoms with Crippen LogP contribution in [0.15, 0.2) is 11.1 Å². The maximum Gasteiger partial charge on any atom is 0.332 e. The first-order valence-corrected chi connectivity index (χ1v) is 6.82. The molecule has 0 aromatic carbocycles. The van der Waals surface area contributed by atoms with Gasteiger partial charge in [-0.2, -0.15) is 0 Å². The Bertz CT molecular complexity index is 433. The Labute approximate surface area is 122 Å². The van der Waals surface area contributed by atoms with Crippen LogP contribution in [-0.2, 0) is 23.9 Å². The molecule has 0 atom stereocenters. The molecule has 0 saturated heterocycles. The second-order valence-corrected chi connectivity index (χ2v) is 4.88. The Morgan fingerprint density at radius 1 is 1.05 bits per heavy atom. The van der Waals surface area contributed by atoms with Crippen LogP contribution in [0.2, 0.25) is 0 Å². The second-order valence-electron chi connectivity index (χ2n) is 4.88. The van der Waals surface area contributed by atoms with Crippen molar-refractivity contribution >= 4 is 17.9 Å². The van der Waals surface area contributed by atoms with Gasteiger partial charge in [0.1, 0.15) is 6.10 Å². The summed E-state index contributed by atoms with van der Waals surface area (Å²) >= 11 is 0. The summed E-state index contributed by atoms with van der Waals surface area (Å²) in [5, 5.41) is 18.2. The zero-order valence-corrected chi connectivity index (χ0v) is 12.0. The Morgan fingerprint density at radius 3 is 2.10 bits per heavy atom. The fraction of sp³-hybridized carbons (Fsp3) is 0.643. The van der Waals surface area contributed by atoms with Gasteiger partial charge in [0.25, 0.3) is 0 Å². The average Bonchev–Trinajstić information content (AvgIpc) is 2.89. The molecule has 7 nitrogen and oxygen atoms in total. The molecule has 1 aliphatic rings. The van der Waals surface area contributed by atoms with Gasteiger partial charge in [0, 0.05) is 13.5 Å². The Kier molecular flexibility index (Phi) is 6.87. The van der Waals surface area contributed by atoms with Crippen LogP contribution in [0.5, 0.6) is 0 Å². The Hall–Kier alpha value is -1.89. The molecule has 0 aromatic heterocycles. The summed E-state index contributed by atoms with van der Waals surface area (Å²) < 4.78 is 9.92. The van der Waals surface area contributed by atoms with Crippen molar-refractivity contribution in [2.24, 2.45) is 0 Å². The molecule has 1 fully saturated rings. The van der Waals surface area contributed by atoms with Gasteiger partial charge in [0.2, 0.25) is 0 Å². The largest absolute Gasteiger partial charge is 0.478 e. The molecule has 2 N–H and O–H groups in total. The normalized spacial score (nSPS) is 16.4. The highest BCUT2D eigenvalue weighted by Gasteiger charge is 2.25. The lowest BCUT2D eigenvalue weighted by molar-refractivity contribution is -0.149. The van der Waals surface area contributed by atoms with Crippen LogP contribution in [0.25, 0.3) is 0 Å². The third-order valence-electron chi connectivity index (χ3n) is 3.36. The minimum absolute atomic E-state index is 0.0656. The van der Waals surface area contributed by atoms with Gasteiger partial charge >= 0.3 is 17.9 Å². The maximum absolute atomic E-state index is 11.8. The number of esters is 1. The van der Waals surface area contributed by atoms with E-state index in [0.29, 0.717) is 0 Å². The zero-order valence-electron chi connectivity index (χ0n) is 12.0. The van der Waals surface area contributed by atoms with E-state index in [1.807, 2.05) is 0 Å². The Morgan fingerprint density at radius 2 is 1.62 bits per heavy atom. The van der Waals surface area contributed by atoms with Crippen molar-refractivity contribution in [2.75, 3.05) is 13.7 Å². The van der Waals surface area contributed by atoms with E-state index in [4.69, 9.17) is 19.7 Å². The average molecular weight is 300 g/mol. The molecule has 0 aromatic rings. The molecule has 0 bridgehead atoms. The molecule has 21 heavy (non-hydrogen) atoms. The lowest BCUT2D eigenvalue weighted by Gasteiger charge is -2.13. The number of carbonyl (C=O) groups is 3. The number of carboxylic acids is 2. The zero-order chi connectivity index (χ0) is 15.8. The van der Waals surface area contributed by atoms with Crippen molar-refractivity contribution in [2.45, 2.75) is 44.6 Å². The van der Waals surface area contributed by atoms with E-state index in [-0.39, 0.29) is 24.7 Å². The number of hydrogen-bond acceptors (Lipinski definition) is 5. The van der Waals surface area contributed by atoms with Gasteiger partial charge < -0.3 is 19.7 Å². The molecule has 0 radical (unpaired) electrons. The highest BCUT2D eigenvalue weighted by molar-refractivity contribution is 6.01. The number of carboxylic acid groups (broad SMARTS) is 2. The molecular formula is C14H20O7. The van der Waals surface area contributed by atoms with Crippen LogP contribution < -0.4 is 0 Å². The van der Waals surface area contributed by atoms with Gasteiger partial charge in [-0.25, -0.2) is 9.59 Å². The fourth-order valence-corrected chi connectivity index (χ4v) is 2.28. The van der Waals surface area contributed by atoms with Crippen molar-refractivity contribution in [3.05, 3.63) is 11.1 Å². The van der Waals surface area contributed by atoms with Gasteiger partial charge in [0.05, 0.1) is 24.2 Å². The third-order valence-corrected chi connectivity index (χ3v) is 3.36. The van der Waals surface area contributed by atoms with E-state index in [9.17, 15) is 14.4 Å². The van der Waals surface area contributed by atoms with Crippen LogP contribution in [0.1, 0.15) is 38.5 Å². The van der Waals surface area contributed by atoms with Crippen molar-refractivity contribution in [3.8, 4) is 0 Å². The SMILES string of the molecule is COCCC(C(=O)O)=C(CC(=O)OC1CCCC1)C(=O)O. The van der Waals surface area contributed by atoms with E-state index in [2.05, 4.69) is 0 Å². The van der Waals surface area contributed by atoms with Gasteiger partial charge in [0.15, 0.2) is 0 Å². The highest BCUT2D eigenvalue weighted by Crippen LogP contribution is 2.22. The standard InChI is InChI=1S/C14H20O7/c1-20-7-6-10(13(16)17)11(14(18)19)8-12(15)21-9-4-2-3-5-9/h9H,2-8H2,1H3,(H,16,17)(H,18,19). The molecule has 0 heterocycles. The van der Waals surface area contributed by atoms with E-state index in [1.165, 1.54) is 7.11 Å². The summed E-state index contributed by atoms with van der Waals surface area (Å²) in [6.45, 7) is 0.0656.